The van der Waals surface area contributed by atoms with E-state index in [-0.39, 0.29) is 47.2 Å². The van der Waals surface area contributed by atoms with Gasteiger partial charge in [0, 0.05) is 46.5 Å². The van der Waals surface area contributed by atoms with Crippen LogP contribution >= 0.6 is 0 Å². The van der Waals surface area contributed by atoms with E-state index in [2.05, 4.69) is 30.6 Å². The molecule has 7 aromatic rings. The Kier molecular flexibility index (Phi) is 11.0. The number of anilines is 2. The summed E-state index contributed by atoms with van der Waals surface area (Å²) >= 11 is 0. The summed E-state index contributed by atoms with van der Waals surface area (Å²) in [6, 6.07) is 33.3. The smallest absolute Gasteiger partial charge is 0.269 e. The lowest BCUT2D eigenvalue weighted by atomic mass is 10.0. The molecule has 2 amide bonds. The number of hydrogen-bond donors (Lipinski definition) is 2. The van der Waals surface area contributed by atoms with Gasteiger partial charge in [0.25, 0.3) is 11.4 Å². The predicted octanol–water partition coefficient (Wildman–Crippen LogP) is 8.39. The van der Waals surface area contributed by atoms with Crippen molar-refractivity contribution in [2.45, 2.75) is 12.8 Å². The number of amides is 2. The summed E-state index contributed by atoms with van der Waals surface area (Å²) in [5.41, 5.74) is 3.66. The number of rotatable bonds is 12. The molecule has 0 aliphatic heterocycles. The van der Waals surface area contributed by atoms with Crippen LogP contribution in [0.2, 0.25) is 0 Å². The first-order valence-electron chi connectivity index (χ1n) is 17.4. The highest BCUT2D eigenvalue weighted by Crippen LogP contribution is 2.31. The van der Waals surface area contributed by atoms with Crippen molar-refractivity contribution in [3.63, 3.8) is 0 Å². The number of carbonyl (C=O) groups is 2. The molecule has 58 heavy (non-hydrogen) atoms. The van der Waals surface area contributed by atoms with Gasteiger partial charge in [-0.25, -0.2) is 28.7 Å². The molecule has 286 valence electrons. The van der Waals surface area contributed by atoms with E-state index in [0.717, 1.165) is 0 Å². The first-order valence-corrected chi connectivity index (χ1v) is 17.4. The fourth-order valence-electron chi connectivity index (χ4n) is 5.88. The summed E-state index contributed by atoms with van der Waals surface area (Å²) in [6.07, 6.45) is -0.567. The van der Waals surface area contributed by atoms with Gasteiger partial charge in [-0.05, 0) is 59.7 Å². The lowest BCUT2D eigenvalue weighted by Gasteiger charge is -2.12. The van der Waals surface area contributed by atoms with E-state index in [1.165, 1.54) is 84.9 Å². The fraction of sp³-hybridized carbons (Fsp3) is 0.0476. The number of nitro groups is 2. The Balaban J connectivity index is 1.22. The molecule has 0 fully saturated rings. The number of hydrogen-bond acceptors (Lipinski definition) is 10. The second-order valence-corrected chi connectivity index (χ2v) is 12.7. The summed E-state index contributed by atoms with van der Waals surface area (Å²) in [4.78, 5) is 65.6. The quantitative estimate of drug-likeness (QED) is 0.0898. The largest absolute Gasteiger partial charge is 0.294 e. The van der Waals surface area contributed by atoms with Crippen molar-refractivity contribution in [1.29, 1.82) is 0 Å². The summed E-state index contributed by atoms with van der Waals surface area (Å²) in [6.45, 7) is 0. The van der Waals surface area contributed by atoms with Gasteiger partial charge in [0.15, 0.2) is 0 Å². The van der Waals surface area contributed by atoms with Gasteiger partial charge in [0.05, 0.1) is 45.5 Å². The van der Waals surface area contributed by atoms with Gasteiger partial charge in [-0.1, -0.05) is 60.7 Å². The summed E-state index contributed by atoms with van der Waals surface area (Å²) in [7, 11) is 0. The van der Waals surface area contributed by atoms with E-state index in [1.807, 2.05) is 0 Å². The molecule has 0 unspecified atom stereocenters. The van der Waals surface area contributed by atoms with E-state index < -0.39 is 33.3 Å². The van der Waals surface area contributed by atoms with E-state index in [0.29, 0.717) is 45.0 Å². The third-order valence-corrected chi connectivity index (χ3v) is 8.80. The Morgan fingerprint density at radius 2 is 0.776 bits per heavy atom. The zero-order chi connectivity index (χ0) is 40.8. The average molecular weight is 779 g/mol. The van der Waals surface area contributed by atoms with Gasteiger partial charge in [0.1, 0.15) is 11.6 Å². The lowest BCUT2D eigenvalue weighted by Crippen LogP contribution is -2.17. The molecule has 2 N–H and O–H groups in total. The second kappa shape index (κ2) is 16.7. The molecule has 0 bridgehead atoms. The van der Waals surface area contributed by atoms with Crippen LogP contribution in [0, 0.1) is 31.9 Å². The zero-order valence-corrected chi connectivity index (χ0v) is 30.0. The first-order chi connectivity index (χ1) is 28.0. The number of halogens is 2. The zero-order valence-electron chi connectivity index (χ0n) is 30.0. The minimum Gasteiger partial charge on any atom is -0.294 e. The van der Waals surface area contributed by atoms with Crippen LogP contribution in [-0.4, -0.2) is 41.6 Å². The molecule has 0 radical (unpaired) electrons. The molecule has 14 nitrogen and oxygen atoms in total. The lowest BCUT2D eigenvalue weighted by molar-refractivity contribution is -0.385. The van der Waals surface area contributed by atoms with Gasteiger partial charge < -0.3 is 0 Å². The van der Waals surface area contributed by atoms with E-state index in [1.54, 1.807) is 48.5 Å². The Morgan fingerprint density at radius 3 is 1.07 bits per heavy atom. The van der Waals surface area contributed by atoms with Crippen molar-refractivity contribution in [2.24, 2.45) is 0 Å². The van der Waals surface area contributed by atoms with Crippen molar-refractivity contribution in [1.82, 2.24) is 19.9 Å². The average Bonchev–Trinajstić information content (AvgIpc) is 3.22. The number of nitrogens with one attached hydrogen (secondary N) is 2. The molecule has 0 aliphatic carbocycles. The first kappa shape index (κ1) is 38.1. The Bertz CT molecular complexity index is 2510. The van der Waals surface area contributed by atoms with Crippen LogP contribution in [0.1, 0.15) is 11.1 Å². The van der Waals surface area contributed by atoms with Crippen LogP contribution in [0.3, 0.4) is 0 Å². The molecule has 5 aromatic carbocycles. The topological polar surface area (TPSA) is 196 Å². The van der Waals surface area contributed by atoms with Gasteiger partial charge in [0.2, 0.25) is 23.7 Å². The molecule has 2 aromatic heterocycles. The maximum absolute atomic E-state index is 14.3. The third-order valence-electron chi connectivity index (χ3n) is 8.80. The van der Waals surface area contributed by atoms with Crippen molar-refractivity contribution in [3.8, 4) is 45.0 Å². The molecule has 2 heterocycles. The Morgan fingerprint density at radius 1 is 0.483 bits per heavy atom. The van der Waals surface area contributed by atoms with Crippen molar-refractivity contribution < 1.29 is 28.2 Å². The maximum atomic E-state index is 14.3. The standard InChI is InChI=1S/C42H28F2N8O6/c43-33-7-3-1-5-29(33)21-39(53)49-41-45-35(23-37(47-41)27-13-17-31(18-14-27)51(55)56)25-9-11-26(12-10-25)36-24-38(28-15-19-32(20-16-28)52(57)58)48-42(46-36)50-40(54)22-30-6-2-4-8-34(30)44/h1-20,23-24H,21-22H2,(H,45,47,49,53)(H,46,48,50,54). The molecule has 0 saturated carbocycles. The van der Waals surface area contributed by atoms with Crippen LogP contribution in [0.5, 0.6) is 0 Å². The number of non-ortho nitro benzene ring substituents is 2. The van der Waals surface area contributed by atoms with Crippen LogP contribution in [0.4, 0.5) is 32.1 Å². The van der Waals surface area contributed by atoms with Crippen LogP contribution in [0.25, 0.3) is 45.0 Å². The van der Waals surface area contributed by atoms with E-state index in [4.69, 9.17) is 0 Å². The monoisotopic (exact) mass is 778 g/mol. The van der Waals surface area contributed by atoms with E-state index >= 15 is 0 Å². The minimum absolute atomic E-state index is 0.0874. The Labute approximate surface area is 327 Å². The van der Waals surface area contributed by atoms with Crippen molar-refractivity contribution in [3.05, 3.63) is 176 Å². The molecule has 0 saturated heterocycles. The number of nitro benzene ring substituents is 2. The molecule has 16 heteroatoms. The number of aromatic nitrogens is 4. The van der Waals surface area contributed by atoms with Gasteiger partial charge >= 0.3 is 0 Å². The van der Waals surface area contributed by atoms with Crippen LogP contribution < -0.4 is 10.6 Å². The Hall–Kier alpha value is -8.14. The summed E-state index contributed by atoms with van der Waals surface area (Å²) in [5, 5.41) is 27.8. The number of nitrogens with zero attached hydrogens (tertiary/aromatic N) is 6. The van der Waals surface area contributed by atoms with Gasteiger partial charge in [-0.15, -0.1) is 0 Å². The molecule has 0 aliphatic rings. The predicted molar refractivity (Wildman–Crippen MR) is 210 cm³/mol. The van der Waals surface area contributed by atoms with E-state index in [9.17, 15) is 38.6 Å². The van der Waals surface area contributed by atoms with Gasteiger partial charge in [-0.3, -0.25) is 40.5 Å². The molecule has 0 spiro atoms. The molecule has 0 atom stereocenters. The van der Waals surface area contributed by atoms with Crippen molar-refractivity contribution in [2.75, 3.05) is 10.6 Å². The highest BCUT2D eigenvalue weighted by atomic mass is 19.1. The third kappa shape index (κ3) is 9.03. The maximum Gasteiger partial charge on any atom is 0.269 e. The summed E-state index contributed by atoms with van der Waals surface area (Å²) < 4.78 is 28.6. The normalized spacial score (nSPS) is 10.8. The van der Waals surface area contributed by atoms with Crippen molar-refractivity contribution >= 4 is 35.1 Å². The minimum atomic E-state index is -0.573. The molecular weight excluding hydrogens is 751 g/mol. The van der Waals surface area contributed by atoms with Gasteiger partial charge in [-0.2, -0.15) is 0 Å². The summed E-state index contributed by atoms with van der Waals surface area (Å²) in [5.74, 6) is -2.40. The number of carbonyl (C=O) groups excluding carboxylic acids is 2. The second-order valence-electron chi connectivity index (χ2n) is 12.7. The van der Waals surface area contributed by atoms with Crippen LogP contribution in [-0.2, 0) is 22.4 Å². The highest BCUT2D eigenvalue weighted by Gasteiger charge is 2.17. The fourth-order valence-corrected chi connectivity index (χ4v) is 5.88. The number of benzene rings is 5. The van der Waals surface area contributed by atoms with Crippen LogP contribution in [0.15, 0.2) is 133 Å². The molecule has 7 rings (SSSR count). The molecular formula is C42H28F2N8O6. The SMILES string of the molecule is O=C(Cc1ccccc1F)Nc1nc(-c2ccc(-c3cc(-c4ccc([N+](=O)[O-])cc4)nc(NC(=O)Cc4ccccc4F)n3)cc2)cc(-c2ccc([N+](=O)[O-])cc2)n1. The highest BCUT2D eigenvalue weighted by molar-refractivity contribution is 5.92.